The molecule has 1 atom stereocenters. The van der Waals surface area contributed by atoms with E-state index >= 15 is 0 Å². The minimum Gasteiger partial charge on any atom is -0.405 e. The highest BCUT2D eigenvalue weighted by atomic mass is 28.4. The third kappa shape index (κ3) is 4.09. The van der Waals surface area contributed by atoms with Crippen molar-refractivity contribution in [2.45, 2.75) is 70.8 Å². The molecule has 1 aromatic carbocycles. The van der Waals surface area contributed by atoms with E-state index in [0.717, 1.165) is 0 Å². The number of fused-ring (bicyclic) bond motifs is 1. The van der Waals surface area contributed by atoms with Gasteiger partial charge in [-0.3, -0.25) is 24.1 Å². The summed E-state index contributed by atoms with van der Waals surface area (Å²) in [6, 6.07) is 6.31. The van der Waals surface area contributed by atoms with Crippen LogP contribution in [0.1, 0.15) is 61.3 Å². The van der Waals surface area contributed by atoms with Crippen molar-refractivity contribution >= 4 is 31.9 Å². The van der Waals surface area contributed by atoms with Crippen LogP contribution in [-0.2, 0) is 14.0 Å². The van der Waals surface area contributed by atoms with E-state index in [1.165, 1.54) is 4.90 Å². The molecule has 1 fully saturated rings. The molecule has 0 bridgehead atoms. The van der Waals surface area contributed by atoms with Crippen LogP contribution in [0.25, 0.3) is 0 Å². The van der Waals surface area contributed by atoms with Gasteiger partial charge < -0.3 is 4.43 Å². The summed E-state index contributed by atoms with van der Waals surface area (Å²) < 4.78 is 6.05. The van der Waals surface area contributed by atoms with Crippen LogP contribution in [0, 0.1) is 5.92 Å². The fraction of sp³-hybridized carbons (Fsp3) is 0.545. The first-order valence-corrected chi connectivity index (χ1v) is 13.4. The molecule has 2 N–H and O–H groups in total. The summed E-state index contributed by atoms with van der Waals surface area (Å²) in [4.78, 5) is 51.8. The van der Waals surface area contributed by atoms with Crippen LogP contribution in [0.5, 0.6) is 0 Å². The molecule has 31 heavy (non-hydrogen) atoms. The molecule has 0 aromatic heterocycles. The summed E-state index contributed by atoms with van der Waals surface area (Å²) >= 11 is 0. The van der Waals surface area contributed by atoms with E-state index in [1.807, 2.05) is 13.1 Å². The summed E-state index contributed by atoms with van der Waals surface area (Å²) in [6.45, 7) is 11.9. The molecule has 168 valence electrons. The number of hydrogen-bond acceptors (Lipinski definition) is 6. The van der Waals surface area contributed by atoms with Crippen LogP contribution in [0.15, 0.2) is 24.3 Å². The highest BCUT2D eigenvalue weighted by molar-refractivity contribution is 6.74. The Balaban J connectivity index is 1.59. The number of hydrazine groups is 1. The predicted molar refractivity (Wildman–Crippen MR) is 117 cm³/mol. The normalized spacial score (nSPS) is 22.1. The SMILES string of the molecule is C[C@@H](O[Si](C)(C)C(C)(C)C)C(=O)N(N)C(=O)C1CC(N2C(=O)c3ccccc3C2=O)C1. The fourth-order valence-corrected chi connectivity index (χ4v) is 5.05. The maximum absolute atomic E-state index is 12.7. The third-order valence-electron chi connectivity index (χ3n) is 6.75. The van der Waals surface area contributed by atoms with E-state index in [0.29, 0.717) is 29.0 Å². The Labute approximate surface area is 183 Å². The maximum Gasteiger partial charge on any atom is 0.271 e. The van der Waals surface area contributed by atoms with Gasteiger partial charge in [-0.15, -0.1) is 0 Å². The highest BCUT2D eigenvalue weighted by Crippen LogP contribution is 2.39. The highest BCUT2D eigenvalue weighted by Gasteiger charge is 2.48. The lowest BCUT2D eigenvalue weighted by molar-refractivity contribution is -0.154. The molecule has 1 aliphatic carbocycles. The zero-order chi connectivity index (χ0) is 23.3. The zero-order valence-electron chi connectivity index (χ0n) is 19.0. The summed E-state index contributed by atoms with van der Waals surface area (Å²) in [5.74, 6) is 3.56. The first kappa shape index (κ1) is 23.3. The van der Waals surface area contributed by atoms with Crippen LogP contribution >= 0.6 is 0 Å². The number of rotatable bonds is 5. The van der Waals surface area contributed by atoms with Crippen LogP contribution in [0.4, 0.5) is 0 Å². The number of nitrogens with zero attached hydrogens (tertiary/aromatic N) is 2. The van der Waals surface area contributed by atoms with E-state index in [2.05, 4.69) is 20.8 Å². The van der Waals surface area contributed by atoms with Gasteiger partial charge in [-0.2, -0.15) is 0 Å². The average molecular weight is 446 g/mol. The number of nitrogens with two attached hydrogens (primary N) is 1. The second-order valence-electron chi connectivity index (χ2n) is 9.91. The molecule has 1 saturated carbocycles. The van der Waals surface area contributed by atoms with E-state index < -0.39 is 32.2 Å². The van der Waals surface area contributed by atoms with Gasteiger partial charge in [0.25, 0.3) is 17.7 Å². The smallest absolute Gasteiger partial charge is 0.271 e. The van der Waals surface area contributed by atoms with E-state index in [-0.39, 0.29) is 22.9 Å². The van der Waals surface area contributed by atoms with Crippen molar-refractivity contribution in [2.24, 2.45) is 11.8 Å². The molecule has 0 unspecified atom stereocenters. The summed E-state index contributed by atoms with van der Waals surface area (Å²) in [5, 5.41) is 0.555. The zero-order valence-corrected chi connectivity index (χ0v) is 20.0. The Kier molecular flexibility index (Phi) is 5.98. The largest absolute Gasteiger partial charge is 0.405 e. The molecule has 1 heterocycles. The van der Waals surface area contributed by atoms with Gasteiger partial charge in [-0.05, 0) is 50.0 Å². The lowest BCUT2D eigenvalue weighted by Crippen LogP contribution is -2.57. The second kappa shape index (κ2) is 7.96. The first-order chi connectivity index (χ1) is 14.3. The minimum atomic E-state index is -2.20. The monoisotopic (exact) mass is 445 g/mol. The Hall–Kier alpha value is -2.36. The van der Waals surface area contributed by atoms with E-state index in [4.69, 9.17) is 10.3 Å². The Morgan fingerprint density at radius 3 is 2.06 bits per heavy atom. The summed E-state index contributed by atoms with van der Waals surface area (Å²) in [6.07, 6.45) is -0.243. The molecular formula is C22H31N3O5Si. The number of carbonyl (C=O) groups excluding carboxylic acids is 4. The molecule has 8 nitrogen and oxygen atoms in total. The van der Waals surface area contributed by atoms with Crippen molar-refractivity contribution in [2.75, 3.05) is 0 Å². The molecule has 3 rings (SSSR count). The lowest BCUT2D eigenvalue weighted by atomic mass is 9.78. The Morgan fingerprint density at radius 1 is 1.13 bits per heavy atom. The molecule has 0 saturated heterocycles. The van der Waals surface area contributed by atoms with Crippen molar-refractivity contribution in [3.63, 3.8) is 0 Å². The van der Waals surface area contributed by atoms with E-state index in [1.54, 1.807) is 31.2 Å². The van der Waals surface area contributed by atoms with E-state index in [9.17, 15) is 19.2 Å². The molecule has 0 radical (unpaired) electrons. The van der Waals surface area contributed by atoms with Crippen LogP contribution in [-0.4, -0.2) is 54.0 Å². The second-order valence-corrected chi connectivity index (χ2v) is 14.7. The van der Waals surface area contributed by atoms with Crippen molar-refractivity contribution in [1.82, 2.24) is 9.91 Å². The minimum absolute atomic E-state index is 0.0848. The Morgan fingerprint density at radius 2 is 1.61 bits per heavy atom. The van der Waals surface area contributed by atoms with Gasteiger partial charge in [-0.25, -0.2) is 10.9 Å². The number of imide groups is 2. The molecule has 0 spiro atoms. The molecule has 4 amide bonds. The van der Waals surface area contributed by atoms with Crippen molar-refractivity contribution in [3.8, 4) is 0 Å². The van der Waals surface area contributed by atoms with Gasteiger partial charge in [0.15, 0.2) is 8.32 Å². The predicted octanol–water partition coefficient (Wildman–Crippen LogP) is 2.70. The van der Waals surface area contributed by atoms with Gasteiger partial charge in [0.05, 0.1) is 11.1 Å². The van der Waals surface area contributed by atoms with Crippen LogP contribution < -0.4 is 5.84 Å². The summed E-state index contributed by atoms with van der Waals surface area (Å²) in [5.41, 5.74) is 0.768. The quantitative estimate of drug-likeness (QED) is 0.245. The van der Waals surface area contributed by atoms with Crippen molar-refractivity contribution < 1.29 is 23.6 Å². The average Bonchev–Trinajstić information content (AvgIpc) is 2.89. The van der Waals surface area contributed by atoms with Gasteiger partial charge in [-0.1, -0.05) is 32.9 Å². The standard InChI is InChI=1S/C22H31N3O5Si/c1-13(30-31(5,6)22(2,3)4)18(26)25(23)19(27)14-11-15(12-14)24-20(28)16-9-7-8-10-17(16)21(24)29/h7-10,13-15H,11-12,23H2,1-6H3/t13-,14?,15?/m1/s1. The van der Waals surface area contributed by atoms with Crippen LogP contribution in [0.3, 0.4) is 0 Å². The number of amides is 4. The molecule has 2 aliphatic rings. The molecular weight excluding hydrogens is 414 g/mol. The molecule has 1 aromatic rings. The first-order valence-electron chi connectivity index (χ1n) is 10.5. The Bertz CT molecular complexity index is 898. The topological polar surface area (TPSA) is 110 Å². The maximum atomic E-state index is 12.7. The van der Waals surface area contributed by atoms with Gasteiger partial charge in [0.1, 0.15) is 6.10 Å². The van der Waals surface area contributed by atoms with Gasteiger partial charge in [0, 0.05) is 12.0 Å². The summed E-state index contributed by atoms with van der Waals surface area (Å²) in [7, 11) is -2.20. The number of carbonyl (C=O) groups is 4. The molecule has 9 heteroatoms. The van der Waals surface area contributed by atoms with Crippen LogP contribution in [0.2, 0.25) is 18.1 Å². The molecule has 1 aliphatic heterocycles. The number of benzene rings is 1. The van der Waals surface area contributed by atoms with Crippen molar-refractivity contribution in [1.29, 1.82) is 0 Å². The third-order valence-corrected chi connectivity index (χ3v) is 11.3. The van der Waals surface area contributed by atoms with Gasteiger partial charge >= 0.3 is 0 Å². The fourth-order valence-electron chi connectivity index (χ4n) is 3.71. The van der Waals surface area contributed by atoms with Crippen molar-refractivity contribution in [3.05, 3.63) is 35.4 Å². The van der Waals surface area contributed by atoms with Gasteiger partial charge in [0.2, 0.25) is 5.91 Å². The number of hydrogen-bond donors (Lipinski definition) is 1. The lowest BCUT2D eigenvalue weighted by Gasteiger charge is -2.41.